The minimum Gasteiger partial charge on any atom is -0.496 e. The van der Waals surface area contributed by atoms with Crippen molar-refractivity contribution in [2.45, 2.75) is 32.0 Å². The average molecular weight is 259 g/mol. The molecule has 1 N–H and O–H groups in total. The van der Waals surface area contributed by atoms with Crippen LogP contribution in [0.5, 0.6) is 5.75 Å². The quantitative estimate of drug-likeness (QED) is 0.852. The van der Waals surface area contributed by atoms with Gasteiger partial charge in [-0.05, 0) is 38.0 Å². The second kappa shape index (κ2) is 6.84. The van der Waals surface area contributed by atoms with Crippen LogP contribution in [0.4, 0.5) is 0 Å². The Bertz CT molecular complexity index is 355. The summed E-state index contributed by atoms with van der Waals surface area (Å²) in [6, 6.07) is 5.25. The van der Waals surface area contributed by atoms with Gasteiger partial charge >= 0.3 is 0 Å². The molecule has 1 aromatic carbocycles. The highest BCUT2D eigenvalue weighted by Gasteiger charge is 2.15. The van der Waals surface area contributed by atoms with E-state index in [4.69, 9.17) is 21.1 Å². The number of benzene rings is 1. The third-order valence-corrected chi connectivity index (χ3v) is 3.03. The zero-order chi connectivity index (χ0) is 12.8. The summed E-state index contributed by atoms with van der Waals surface area (Å²) < 4.78 is 10.4. The predicted molar refractivity (Wildman–Crippen MR) is 68.7 cm³/mol. The van der Waals surface area contributed by atoms with Crippen molar-refractivity contribution in [1.29, 1.82) is 0 Å². The van der Waals surface area contributed by atoms with Crippen molar-refractivity contribution < 1.29 is 14.6 Å². The Morgan fingerprint density at radius 3 is 2.59 bits per heavy atom. The summed E-state index contributed by atoms with van der Waals surface area (Å²) in [5, 5.41) is 10.7. The fourth-order valence-corrected chi connectivity index (χ4v) is 1.81. The molecule has 2 unspecified atom stereocenters. The second-order valence-electron chi connectivity index (χ2n) is 4.03. The van der Waals surface area contributed by atoms with Crippen LogP contribution in [0.15, 0.2) is 18.2 Å². The van der Waals surface area contributed by atoms with Crippen LogP contribution >= 0.6 is 11.6 Å². The van der Waals surface area contributed by atoms with Gasteiger partial charge in [0.15, 0.2) is 0 Å². The van der Waals surface area contributed by atoms with Crippen LogP contribution < -0.4 is 4.74 Å². The van der Waals surface area contributed by atoms with Crippen molar-refractivity contribution in [2.75, 3.05) is 14.2 Å². The average Bonchev–Trinajstić information content (AvgIpc) is 2.35. The maximum Gasteiger partial charge on any atom is 0.124 e. The van der Waals surface area contributed by atoms with Crippen molar-refractivity contribution in [1.82, 2.24) is 0 Å². The van der Waals surface area contributed by atoms with Gasteiger partial charge in [-0.3, -0.25) is 0 Å². The van der Waals surface area contributed by atoms with Crippen LogP contribution in [0.2, 0.25) is 5.02 Å². The highest BCUT2D eigenvalue weighted by Crippen LogP contribution is 2.31. The number of rotatable bonds is 6. The number of hydrogen-bond donors (Lipinski definition) is 1. The molecule has 0 aliphatic rings. The Morgan fingerprint density at radius 1 is 1.29 bits per heavy atom. The molecule has 0 aliphatic carbocycles. The van der Waals surface area contributed by atoms with Gasteiger partial charge in [-0.25, -0.2) is 0 Å². The normalized spacial score (nSPS) is 14.4. The van der Waals surface area contributed by atoms with Gasteiger partial charge < -0.3 is 14.6 Å². The van der Waals surface area contributed by atoms with E-state index in [0.717, 1.165) is 12.0 Å². The molecular weight excluding hydrogens is 240 g/mol. The summed E-state index contributed by atoms with van der Waals surface area (Å²) in [5.74, 6) is 0.659. The van der Waals surface area contributed by atoms with Gasteiger partial charge in [0.1, 0.15) is 5.75 Å². The zero-order valence-corrected chi connectivity index (χ0v) is 11.2. The van der Waals surface area contributed by atoms with E-state index in [0.29, 0.717) is 17.2 Å². The molecule has 3 nitrogen and oxygen atoms in total. The maximum absolute atomic E-state index is 10.1. The Labute approximate surface area is 107 Å². The predicted octanol–water partition coefficient (Wildman–Crippen LogP) is 3.20. The molecule has 0 aromatic heterocycles. The van der Waals surface area contributed by atoms with Crippen LogP contribution in [0.25, 0.3) is 0 Å². The van der Waals surface area contributed by atoms with Crippen LogP contribution in [-0.4, -0.2) is 25.4 Å². The Hall–Kier alpha value is -0.770. The van der Waals surface area contributed by atoms with E-state index in [1.165, 1.54) is 0 Å². The lowest BCUT2D eigenvalue weighted by molar-refractivity contribution is 0.0843. The van der Waals surface area contributed by atoms with Crippen LogP contribution in [-0.2, 0) is 4.74 Å². The third-order valence-electron chi connectivity index (χ3n) is 2.80. The van der Waals surface area contributed by atoms with Crippen molar-refractivity contribution in [2.24, 2.45) is 0 Å². The van der Waals surface area contributed by atoms with E-state index in [9.17, 15) is 5.11 Å². The standard InChI is InChI=1S/C13H19ClO3/c1-9(16-2)4-6-12(15)11-8-10(14)5-7-13(11)17-3/h5,7-9,12,15H,4,6H2,1-3H3. The lowest BCUT2D eigenvalue weighted by atomic mass is 10.0. The highest BCUT2D eigenvalue weighted by atomic mass is 35.5. The molecule has 0 radical (unpaired) electrons. The molecular formula is C13H19ClO3. The molecule has 17 heavy (non-hydrogen) atoms. The molecule has 0 amide bonds. The molecule has 0 aliphatic heterocycles. The van der Waals surface area contributed by atoms with Crippen molar-refractivity contribution in [3.8, 4) is 5.75 Å². The lowest BCUT2D eigenvalue weighted by Gasteiger charge is -2.17. The largest absolute Gasteiger partial charge is 0.496 e. The summed E-state index contributed by atoms with van der Waals surface area (Å²) >= 11 is 5.92. The van der Waals surface area contributed by atoms with Crippen LogP contribution in [0.3, 0.4) is 0 Å². The molecule has 0 saturated carbocycles. The first kappa shape index (κ1) is 14.3. The fourth-order valence-electron chi connectivity index (χ4n) is 1.63. The first-order chi connectivity index (χ1) is 8.08. The Morgan fingerprint density at radius 2 is 2.00 bits per heavy atom. The number of ether oxygens (including phenoxy) is 2. The third kappa shape index (κ3) is 4.19. The smallest absolute Gasteiger partial charge is 0.124 e. The highest BCUT2D eigenvalue weighted by molar-refractivity contribution is 6.30. The topological polar surface area (TPSA) is 38.7 Å². The van der Waals surface area contributed by atoms with E-state index >= 15 is 0 Å². The van der Waals surface area contributed by atoms with E-state index in [-0.39, 0.29) is 6.10 Å². The van der Waals surface area contributed by atoms with Gasteiger partial charge in [-0.2, -0.15) is 0 Å². The molecule has 96 valence electrons. The minimum atomic E-state index is -0.582. The maximum atomic E-state index is 10.1. The summed E-state index contributed by atoms with van der Waals surface area (Å²) in [4.78, 5) is 0. The molecule has 0 heterocycles. The first-order valence-corrected chi connectivity index (χ1v) is 6.00. The van der Waals surface area contributed by atoms with Gasteiger partial charge in [-0.1, -0.05) is 11.6 Å². The van der Waals surface area contributed by atoms with Gasteiger partial charge in [0.05, 0.1) is 19.3 Å². The van der Waals surface area contributed by atoms with E-state index in [2.05, 4.69) is 0 Å². The first-order valence-electron chi connectivity index (χ1n) is 5.62. The van der Waals surface area contributed by atoms with Crippen molar-refractivity contribution in [3.63, 3.8) is 0 Å². The van der Waals surface area contributed by atoms with Gasteiger partial charge in [0, 0.05) is 17.7 Å². The molecule has 0 fully saturated rings. The molecule has 0 spiro atoms. The molecule has 4 heteroatoms. The van der Waals surface area contributed by atoms with Crippen LogP contribution in [0.1, 0.15) is 31.4 Å². The fraction of sp³-hybridized carbons (Fsp3) is 0.538. The molecule has 0 bridgehead atoms. The van der Waals surface area contributed by atoms with Gasteiger partial charge in [0.2, 0.25) is 0 Å². The molecule has 1 rings (SSSR count). The lowest BCUT2D eigenvalue weighted by Crippen LogP contribution is -2.08. The zero-order valence-electron chi connectivity index (χ0n) is 10.4. The number of methoxy groups -OCH3 is 2. The number of hydrogen-bond acceptors (Lipinski definition) is 3. The Kier molecular flexibility index (Phi) is 5.75. The van der Waals surface area contributed by atoms with E-state index in [1.807, 2.05) is 6.92 Å². The number of aliphatic hydroxyl groups is 1. The van der Waals surface area contributed by atoms with Gasteiger partial charge in [-0.15, -0.1) is 0 Å². The number of halogens is 1. The Balaban J connectivity index is 2.73. The summed E-state index contributed by atoms with van der Waals surface area (Å²) in [6.07, 6.45) is 0.954. The monoisotopic (exact) mass is 258 g/mol. The van der Waals surface area contributed by atoms with Crippen LogP contribution in [0, 0.1) is 0 Å². The second-order valence-corrected chi connectivity index (χ2v) is 4.46. The van der Waals surface area contributed by atoms with Crippen molar-refractivity contribution in [3.05, 3.63) is 28.8 Å². The van der Waals surface area contributed by atoms with E-state index in [1.54, 1.807) is 32.4 Å². The summed E-state index contributed by atoms with van der Waals surface area (Å²) in [7, 11) is 3.24. The van der Waals surface area contributed by atoms with Crippen molar-refractivity contribution >= 4 is 11.6 Å². The molecule has 0 saturated heterocycles. The minimum absolute atomic E-state index is 0.134. The summed E-state index contributed by atoms with van der Waals surface area (Å²) in [6.45, 7) is 1.97. The number of aliphatic hydroxyl groups excluding tert-OH is 1. The van der Waals surface area contributed by atoms with E-state index < -0.39 is 6.10 Å². The molecule has 2 atom stereocenters. The summed E-state index contributed by atoms with van der Waals surface area (Å²) in [5.41, 5.74) is 0.725. The molecule has 1 aromatic rings. The SMILES string of the molecule is COc1ccc(Cl)cc1C(O)CCC(C)OC. The van der Waals surface area contributed by atoms with Gasteiger partial charge in [0.25, 0.3) is 0 Å².